The lowest BCUT2D eigenvalue weighted by Crippen LogP contribution is -2.23. The Morgan fingerprint density at radius 2 is 2.40 bits per heavy atom. The molecule has 6 nitrogen and oxygen atoms in total. The van der Waals surface area contributed by atoms with Crippen LogP contribution in [0, 0.1) is 10.1 Å². The summed E-state index contributed by atoms with van der Waals surface area (Å²) in [6, 6.07) is 2.83. The zero-order valence-corrected chi connectivity index (χ0v) is 8.38. The van der Waals surface area contributed by atoms with E-state index >= 15 is 0 Å². The standard InChI is InChI=1S/C9H13N3O3/c1-2-7(6-13)11-9-4-3-8(5-10-9)12(14)15/h3-5,7,13H,2,6H2,1H3,(H,10,11)/t7-/m1/s1. The minimum Gasteiger partial charge on any atom is -0.394 e. The second-order valence-electron chi connectivity index (χ2n) is 3.09. The van der Waals surface area contributed by atoms with Gasteiger partial charge in [0.25, 0.3) is 5.69 Å². The lowest BCUT2D eigenvalue weighted by molar-refractivity contribution is -0.385. The van der Waals surface area contributed by atoms with Gasteiger partial charge in [0.1, 0.15) is 12.0 Å². The number of nitro groups is 1. The van der Waals surface area contributed by atoms with E-state index in [1.165, 1.54) is 18.3 Å². The summed E-state index contributed by atoms with van der Waals surface area (Å²) >= 11 is 0. The Morgan fingerprint density at radius 3 is 2.80 bits per heavy atom. The van der Waals surface area contributed by atoms with E-state index in [1.54, 1.807) is 0 Å². The fraction of sp³-hybridized carbons (Fsp3) is 0.444. The van der Waals surface area contributed by atoms with E-state index < -0.39 is 4.92 Å². The Bertz CT molecular complexity index is 322. The Balaban J connectivity index is 2.67. The Hall–Kier alpha value is -1.69. The van der Waals surface area contributed by atoms with Crippen molar-refractivity contribution in [3.63, 3.8) is 0 Å². The van der Waals surface area contributed by atoms with Crippen molar-refractivity contribution in [2.75, 3.05) is 11.9 Å². The third kappa shape index (κ3) is 3.17. The summed E-state index contributed by atoms with van der Waals surface area (Å²) in [5.74, 6) is 0.529. The summed E-state index contributed by atoms with van der Waals surface area (Å²) in [7, 11) is 0. The van der Waals surface area contributed by atoms with Gasteiger partial charge in [-0.15, -0.1) is 0 Å². The molecule has 1 aromatic heterocycles. The number of hydrogen-bond donors (Lipinski definition) is 2. The van der Waals surface area contributed by atoms with Crippen LogP contribution in [0.15, 0.2) is 18.3 Å². The van der Waals surface area contributed by atoms with Gasteiger partial charge < -0.3 is 10.4 Å². The zero-order chi connectivity index (χ0) is 11.3. The number of nitrogens with one attached hydrogen (secondary N) is 1. The van der Waals surface area contributed by atoms with Crippen LogP contribution in [0.5, 0.6) is 0 Å². The van der Waals surface area contributed by atoms with E-state index in [2.05, 4.69) is 10.3 Å². The summed E-state index contributed by atoms with van der Waals surface area (Å²) in [5.41, 5.74) is -0.0439. The highest BCUT2D eigenvalue weighted by Crippen LogP contribution is 2.12. The summed E-state index contributed by atoms with van der Waals surface area (Å²) in [4.78, 5) is 13.7. The molecular weight excluding hydrogens is 198 g/mol. The van der Waals surface area contributed by atoms with Crippen LogP contribution in [-0.2, 0) is 0 Å². The molecule has 0 aliphatic heterocycles. The minimum absolute atomic E-state index is 0.00909. The van der Waals surface area contributed by atoms with Gasteiger partial charge in [-0.05, 0) is 12.5 Å². The first-order chi connectivity index (χ1) is 7.17. The van der Waals surface area contributed by atoms with Gasteiger partial charge >= 0.3 is 0 Å². The molecule has 0 saturated carbocycles. The van der Waals surface area contributed by atoms with E-state index in [-0.39, 0.29) is 18.3 Å². The van der Waals surface area contributed by atoms with E-state index in [9.17, 15) is 10.1 Å². The molecule has 0 spiro atoms. The molecule has 0 saturated heterocycles. The number of aromatic nitrogens is 1. The number of anilines is 1. The first kappa shape index (κ1) is 11.4. The minimum atomic E-state index is -0.500. The molecule has 0 aliphatic rings. The maximum atomic E-state index is 10.4. The number of aliphatic hydroxyl groups is 1. The highest BCUT2D eigenvalue weighted by Gasteiger charge is 2.08. The second-order valence-corrected chi connectivity index (χ2v) is 3.09. The van der Waals surface area contributed by atoms with Crippen LogP contribution >= 0.6 is 0 Å². The van der Waals surface area contributed by atoms with Gasteiger partial charge in [-0.1, -0.05) is 6.92 Å². The largest absolute Gasteiger partial charge is 0.394 e. The van der Waals surface area contributed by atoms with Gasteiger partial charge in [0.05, 0.1) is 17.6 Å². The third-order valence-corrected chi connectivity index (χ3v) is 2.02. The third-order valence-electron chi connectivity index (χ3n) is 2.02. The fourth-order valence-corrected chi connectivity index (χ4v) is 1.07. The first-order valence-electron chi connectivity index (χ1n) is 4.65. The molecule has 0 radical (unpaired) electrons. The predicted octanol–water partition coefficient (Wildman–Crippen LogP) is 1.17. The Labute approximate surface area is 87.1 Å². The van der Waals surface area contributed by atoms with Crippen molar-refractivity contribution < 1.29 is 10.0 Å². The number of rotatable bonds is 5. The van der Waals surface area contributed by atoms with E-state index in [4.69, 9.17) is 5.11 Å². The van der Waals surface area contributed by atoms with Gasteiger partial charge in [-0.3, -0.25) is 10.1 Å². The SMILES string of the molecule is CC[C@H](CO)Nc1ccc([N+](=O)[O-])cn1. The van der Waals surface area contributed by atoms with Crippen molar-refractivity contribution in [3.8, 4) is 0 Å². The second kappa shape index (κ2) is 5.26. The van der Waals surface area contributed by atoms with Gasteiger partial charge in [0.15, 0.2) is 0 Å². The number of hydrogen-bond acceptors (Lipinski definition) is 5. The van der Waals surface area contributed by atoms with E-state index in [0.29, 0.717) is 5.82 Å². The molecule has 1 rings (SSSR count). The molecule has 0 fully saturated rings. The van der Waals surface area contributed by atoms with E-state index in [0.717, 1.165) is 6.42 Å². The molecule has 1 atom stereocenters. The van der Waals surface area contributed by atoms with Crippen molar-refractivity contribution in [1.82, 2.24) is 4.98 Å². The van der Waals surface area contributed by atoms with Crippen molar-refractivity contribution >= 4 is 11.5 Å². The van der Waals surface area contributed by atoms with Gasteiger partial charge in [-0.2, -0.15) is 0 Å². The van der Waals surface area contributed by atoms with Crippen molar-refractivity contribution in [1.29, 1.82) is 0 Å². The quantitative estimate of drug-likeness (QED) is 0.563. The van der Waals surface area contributed by atoms with Crippen molar-refractivity contribution in [2.24, 2.45) is 0 Å². The highest BCUT2D eigenvalue weighted by molar-refractivity contribution is 5.40. The Kier molecular flexibility index (Phi) is 3.99. The smallest absolute Gasteiger partial charge is 0.287 e. The molecule has 2 N–H and O–H groups in total. The van der Waals surface area contributed by atoms with Gasteiger partial charge in [-0.25, -0.2) is 4.98 Å². The molecule has 0 bridgehead atoms. The van der Waals surface area contributed by atoms with Crippen LogP contribution in [0.1, 0.15) is 13.3 Å². The highest BCUT2D eigenvalue weighted by atomic mass is 16.6. The molecule has 82 valence electrons. The maximum Gasteiger partial charge on any atom is 0.287 e. The monoisotopic (exact) mass is 211 g/mol. The van der Waals surface area contributed by atoms with Crippen LogP contribution < -0.4 is 5.32 Å². The predicted molar refractivity (Wildman–Crippen MR) is 55.7 cm³/mol. The fourth-order valence-electron chi connectivity index (χ4n) is 1.07. The zero-order valence-electron chi connectivity index (χ0n) is 8.38. The molecule has 0 unspecified atom stereocenters. The first-order valence-corrected chi connectivity index (χ1v) is 4.65. The van der Waals surface area contributed by atoms with Crippen LogP contribution in [0.2, 0.25) is 0 Å². The van der Waals surface area contributed by atoms with Crippen molar-refractivity contribution in [2.45, 2.75) is 19.4 Å². The molecule has 0 aliphatic carbocycles. The molecule has 15 heavy (non-hydrogen) atoms. The molecule has 0 amide bonds. The summed E-state index contributed by atoms with van der Waals surface area (Å²) < 4.78 is 0. The van der Waals surface area contributed by atoms with E-state index in [1.807, 2.05) is 6.92 Å². The van der Waals surface area contributed by atoms with Crippen LogP contribution in [0.4, 0.5) is 11.5 Å². The molecule has 1 aromatic rings. The number of aliphatic hydroxyl groups excluding tert-OH is 1. The summed E-state index contributed by atoms with van der Waals surface area (Å²) in [5, 5.41) is 22.2. The average molecular weight is 211 g/mol. The maximum absolute atomic E-state index is 10.4. The lowest BCUT2D eigenvalue weighted by Gasteiger charge is -2.13. The molecular formula is C9H13N3O3. The van der Waals surface area contributed by atoms with Crippen LogP contribution in [0.3, 0.4) is 0 Å². The van der Waals surface area contributed by atoms with Crippen molar-refractivity contribution in [3.05, 3.63) is 28.4 Å². The topological polar surface area (TPSA) is 88.3 Å². The lowest BCUT2D eigenvalue weighted by atomic mass is 10.2. The molecule has 0 aromatic carbocycles. The molecule has 1 heterocycles. The average Bonchev–Trinajstić information content (AvgIpc) is 2.26. The number of nitrogens with zero attached hydrogens (tertiary/aromatic N) is 2. The van der Waals surface area contributed by atoms with Crippen LogP contribution in [0.25, 0.3) is 0 Å². The Morgan fingerprint density at radius 1 is 1.67 bits per heavy atom. The summed E-state index contributed by atoms with van der Waals surface area (Å²) in [6.45, 7) is 1.94. The number of pyridine rings is 1. The van der Waals surface area contributed by atoms with Gasteiger partial charge in [0, 0.05) is 6.07 Å². The summed E-state index contributed by atoms with van der Waals surface area (Å²) in [6.07, 6.45) is 1.95. The molecule has 6 heteroatoms. The normalized spacial score (nSPS) is 12.1. The van der Waals surface area contributed by atoms with Crippen LogP contribution in [-0.4, -0.2) is 27.7 Å². The van der Waals surface area contributed by atoms with Gasteiger partial charge in [0.2, 0.25) is 0 Å².